The predicted molar refractivity (Wildman–Crippen MR) is 86.1 cm³/mol. The van der Waals surface area contributed by atoms with Crippen molar-refractivity contribution in [3.63, 3.8) is 0 Å². The highest BCUT2D eigenvalue weighted by molar-refractivity contribution is 7.10. The zero-order valence-corrected chi connectivity index (χ0v) is 12.8. The summed E-state index contributed by atoms with van der Waals surface area (Å²) in [6.45, 7) is 5.70. The molecule has 106 valence electrons. The summed E-state index contributed by atoms with van der Waals surface area (Å²) >= 11 is 1.87. The molecule has 1 aromatic carbocycles. The molecule has 2 unspecified atom stereocenters. The van der Waals surface area contributed by atoms with Gasteiger partial charge in [-0.25, -0.2) is 0 Å². The molecule has 0 bridgehead atoms. The van der Waals surface area contributed by atoms with Crippen LogP contribution in [0.4, 0.5) is 0 Å². The van der Waals surface area contributed by atoms with Gasteiger partial charge in [-0.2, -0.15) is 0 Å². The van der Waals surface area contributed by atoms with E-state index in [1.54, 1.807) is 0 Å². The van der Waals surface area contributed by atoms with Crippen molar-refractivity contribution in [1.29, 1.82) is 0 Å². The fourth-order valence-corrected chi connectivity index (χ4v) is 3.74. The van der Waals surface area contributed by atoms with Gasteiger partial charge in [0, 0.05) is 30.1 Å². The lowest BCUT2D eigenvalue weighted by atomic mass is 10.1. The Kier molecular flexibility index (Phi) is 4.51. The van der Waals surface area contributed by atoms with Crippen molar-refractivity contribution in [3.8, 4) is 0 Å². The van der Waals surface area contributed by atoms with Gasteiger partial charge in [0.2, 0.25) is 0 Å². The Morgan fingerprint density at radius 1 is 1.20 bits per heavy atom. The van der Waals surface area contributed by atoms with E-state index in [2.05, 4.69) is 65.0 Å². The van der Waals surface area contributed by atoms with Crippen LogP contribution < -0.4 is 5.32 Å². The number of nitrogens with zero attached hydrogens (tertiary/aromatic N) is 1. The Balaban J connectivity index is 1.75. The summed E-state index contributed by atoms with van der Waals surface area (Å²) in [5.74, 6) is 0. The number of benzene rings is 1. The van der Waals surface area contributed by atoms with Crippen LogP contribution in [0.5, 0.6) is 0 Å². The summed E-state index contributed by atoms with van der Waals surface area (Å²) in [6, 6.07) is 16.2. The average Bonchev–Trinajstić information content (AvgIpc) is 2.92. The van der Waals surface area contributed by atoms with Gasteiger partial charge in [-0.15, -0.1) is 11.3 Å². The molecule has 1 aliphatic rings. The summed E-state index contributed by atoms with van der Waals surface area (Å²) < 4.78 is 0. The normalized spacial score (nSPS) is 22.4. The lowest BCUT2D eigenvalue weighted by Crippen LogP contribution is -2.33. The molecule has 1 aliphatic heterocycles. The van der Waals surface area contributed by atoms with Gasteiger partial charge >= 0.3 is 0 Å². The van der Waals surface area contributed by atoms with Gasteiger partial charge in [-0.1, -0.05) is 36.4 Å². The fraction of sp³-hybridized carbons (Fsp3) is 0.412. The Morgan fingerprint density at radius 3 is 2.80 bits per heavy atom. The summed E-state index contributed by atoms with van der Waals surface area (Å²) in [6.07, 6.45) is 1.22. The summed E-state index contributed by atoms with van der Waals surface area (Å²) in [5, 5.41) is 5.87. The number of thiophene rings is 1. The van der Waals surface area contributed by atoms with Gasteiger partial charge < -0.3 is 5.32 Å². The van der Waals surface area contributed by atoms with Gasteiger partial charge in [0.15, 0.2) is 0 Å². The Bertz CT molecular complexity index is 509. The van der Waals surface area contributed by atoms with Crippen molar-refractivity contribution in [2.24, 2.45) is 0 Å². The maximum absolute atomic E-state index is 3.69. The van der Waals surface area contributed by atoms with Crippen molar-refractivity contribution in [2.75, 3.05) is 19.6 Å². The molecule has 2 nitrogen and oxygen atoms in total. The van der Waals surface area contributed by atoms with E-state index in [0.29, 0.717) is 12.1 Å². The van der Waals surface area contributed by atoms with Crippen molar-refractivity contribution in [1.82, 2.24) is 10.2 Å². The first-order valence-electron chi connectivity index (χ1n) is 7.40. The van der Waals surface area contributed by atoms with E-state index in [4.69, 9.17) is 0 Å². The second kappa shape index (κ2) is 6.53. The van der Waals surface area contributed by atoms with Gasteiger partial charge in [0.05, 0.1) is 0 Å². The molecular formula is C17H22N2S. The summed E-state index contributed by atoms with van der Waals surface area (Å²) in [5.41, 5.74) is 1.40. The largest absolute Gasteiger partial charge is 0.309 e. The summed E-state index contributed by atoms with van der Waals surface area (Å²) in [4.78, 5) is 4.09. The minimum Gasteiger partial charge on any atom is -0.309 e. The van der Waals surface area contributed by atoms with Crippen LogP contribution >= 0.6 is 11.3 Å². The zero-order valence-electron chi connectivity index (χ0n) is 12.0. The third kappa shape index (κ3) is 3.11. The van der Waals surface area contributed by atoms with Gasteiger partial charge in [-0.05, 0) is 36.9 Å². The van der Waals surface area contributed by atoms with Gasteiger partial charge in [0.25, 0.3) is 0 Å². The van der Waals surface area contributed by atoms with Crippen LogP contribution in [-0.2, 0) is 0 Å². The molecular weight excluding hydrogens is 264 g/mol. The van der Waals surface area contributed by atoms with Crippen LogP contribution in [0.15, 0.2) is 47.8 Å². The fourth-order valence-electron chi connectivity index (χ4n) is 2.92. The standard InChI is InChI=1S/C17H22N2S/c1-14(17-9-5-12-20-17)19-11-6-10-18-16(13-19)15-7-3-2-4-8-15/h2-5,7-9,12,14,16,18H,6,10-11,13H2,1H3. The minimum atomic E-state index is 0.445. The second-order valence-corrected chi connectivity index (χ2v) is 6.44. The molecule has 0 aliphatic carbocycles. The van der Waals surface area contributed by atoms with E-state index in [9.17, 15) is 0 Å². The lowest BCUT2D eigenvalue weighted by molar-refractivity contribution is 0.210. The number of nitrogens with one attached hydrogen (secondary N) is 1. The van der Waals surface area contributed by atoms with Crippen molar-refractivity contribution in [3.05, 3.63) is 58.3 Å². The zero-order chi connectivity index (χ0) is 13.8. The third-order valence-corrected chi connectivity index (χ3v) is 5.18. The Hall–Kier alpha value is -1.16. The minimum absolute atomic E-state index is 0.445. The molecule has 1 aromatic heterocycles. The van der Waals surface area contributed by atoms with Crippen LogP contribution in [0.3, 0.4) is 0 Å². The molecule has 3 rings (SSSR count). The highest BCUT2D eigenvalue weighted by Crippen LogP contribution is 2.28. The van der Waals surface area contributed by atoms with Crippen molar-refractivity contribution >= 4 is 11.3 Å². The quantitative estimate of drug-likeness (QED) is 0.922. The van der Waals surface area contributed by atoms with E-state index in [1.165, 1.54) is 23.4 Å². The van der Waals surface area contributed by atoms with E-state index in [0.717, 1.165) is 13.1 Å². The predicted octanol–water partition coefficient (Wildman–Crippen LogP) is 3.85. The first-order chi connectivity index (χ1) is 9.84. The molecule has 2 heterocycles. The van der Waals surface area contributed by atoms with Gasteiger partial charge in [-0.3, -0.25) is 4.90 Å². The topological polar surface area (TPSA) is 15.3 Å². The molecule has 1 N–H and O–H groups in total. The molecule has 2 aromatic rings. The molecule has 0 radical (unpaired) electrons. The first kappa shape index (κ1) is 13.8. The van der Waals surface area contributed by atoms with Crippen molar-refractivity contribution < 1.29 is 0 Å². The summed E-state index contributed by atoms with van der Waals surface area (Å²) in [7, 11) is 0. The van der Waals surface area contributed by atoms with E-state index in [-0.39, 0.29) is 0 Å². The molecule has 20 heavy (non-hydrogen) atoms. The molecule has 3 heteroatoms. The maximum Gasteiger partial charge on any atom is 0.0449 e. The highest BCUT2D eigenvalue weighted by Gasteiger charge is 2.23. The second-order valence-electron chi connectivity index (χ2n) is 5.46. The number of hydrogen-bond acceptors (Lipinski definition) is 3. The number of hydrogen-bond donors (Lipinski definition) is 1. The molecule has 1 fully saturated rings. The average molecular weight is 286 g/mol. The molecule has 1 saturated heterocycles. The molecule has 0 spiro atoms. The van der Waals surface area contributed by atoms with Crippen LogP contribution in [0, 0.1) is 0 Å². The monoisotopic (exact) mass is 286 g/mol. The van der Waals surface area contributed by atoms with Gasteiger partial charge in [0.1, 0.15) is 0 Å². The van der Waals surface area contributed by atoms with Crippen LogP contribution in [0.2, 0.25) is 0 Å². The van der Waals surface area contributed by atoms with Crippen LogP contribution in [0.1, 0.15) is 35.9 Å². The Morgan fingerprint density at radius 2 is 2.05 bits per heavy atom. The molecule has 2 atom stereocenters. The SMILES string of the molecule is CC(c1cccs1)N1CCCNC(c2ccccc2)C1. The highest BCUT2D eigenvalue weighted by atomic mass is 32.1. The van der Waals surface area contributed by atoms with E-state index < -0.39 is 0 Å². The number of rotatable bonds is 3. The van der Waals surface area contributed by atoms with Crippen molar-refractivity contribution in [2.45, 2.75) is 25.4 Å². The van der Waals surface area contributed by atoms with E-state index in [1.807, 2.05) is 11.3 Å². The van der Waals surface area contributed by atoms with Crippen LogP contribution in [0.25, 0.3) is 0 Å². The molecule has 0 amide bonds. The smallest absolute Gasteiger partial charge is 0.0449 e. The Labute approximate surface area is 125 Å². The molecule has 0 saturated carbocycles. The van der Waals surface area contributed by atoms with Crippen LogP contribution in [-0.4, -0.2) is 24.5 Å². The third-order valence-electron chi connectivity index (χ3n) is 4.13. The maximum atomic E-state index is 3.69. The van der Waals surface area contributed by atoms with E-state index >= 15 is 0 Å². The first-order valence-corrected chi connectivity index (χ1v) is 8.28. The lowest BCUT2D eigenvalue weighted by Gasteiger charge is -2.29.